The van der Waals surface area contributed by atoms with E-state index in [9.17, 15) is 19.5 Å². The third-order valence-corrected chi connectivity index (χ3v) is 7.58. The van der Waals surface area contributed by atoms with E-state index in [0.717, 1.165) is 31.7 Å². The molecule has 2 aliphatic heterocycles. The normalized spacial score (nSPS) is 18.1. The van der Waals surface area contributed by atoms with Gasteiger partial charge in [-0.2, -0.15) is 0 Å². The van der Waals surface area contributed by atoms with Crippen LogP contribution in [0.5, 0.6) is 0 Å². The highest BCUT2D eigenvalue weighted by molar-refractivity contribution is 6.01. The number of rotatable bonds is 7. The Labute approximate surface area is 232 Å². The standard InChI is InChI=1S/C31H33N3O6/c1-18-27(35)23-11-7-10-22(29(23)40-28(18)21-8-5-4-6-9-21)26-24(30(36)37)19(2)33-20(3)25(26)31(38)39-17-16-34-14-12-32-13-15-34/h4-11,26,32-33H,12-17H2,1-3H3,(H,36,37). The average molecular weight is 544 g/mol. The fourth-order valence-electron chi connectivity index (χ4n) is 5.56. The minimum atomic E-state index is -1.18. The third kappa shape index (κ3) is 5.17. The lowest BCUT2D eigenvalue weighted by molar-refractivity contribution is -0.139. The van der Waals surface area contributed by atoms with E-state index in [4.69, 9.17) is 9.15 Å². The number of para-hydroxylation sites is 1. The molecule has 1 fully saturated rings. The lowest BCUT2D eigenvalue weighted by Gasteiger charge is -2.30. The molecule has 0 saturated carbocycles. The first-order chi connectivity index (χ1) is 19.3. The van der Waals surface area contributed by atoms with Gasteiger partial charge in [0.25, 0.3) is 0 Å². The zero-order valence-corrected chi connectivity index (χ0v) is 22.9. The Hall–Kier alpha value is -4.21. The van der Waals surface area contributed by atoms with Crippen LogP contribution in [0.1, 0.15) is 30.9 Å². The summed E-state index contributed by atoms with van der Waals surface area (Å²) in [6, 6.07) is 14.3. The maximum absolute atomic E-state index is 13.6. The molecule has 1 aromatic heterocycles. The first-order valence-corrected chi connectivity index (χ1v) is 13.4. The first-order valence-electron chi connectivity index (χ1n) is 13.4. The van der Waals surface area contributed by atoms with E-state index in [0.29, 0.717) is 40.2 Å². The summed E-state index contributed by atoms with van der Waals surface area (Å²) in [6.45, 7) is 9.36. The van der Waals surface area contributed by atoms with E-state index < -0.39 is 17.9 Å². The van der Waals surface area contributed by atoms with Crippen LogP contribution in [0, 0.1) is 6.92 Å². The Morgan fingerprint density at radius 3 is 2.40 bits per heavy atom. The third-order valence-electron chi connectivity index (χ3n) is 7.58. The van der Waals surface area contributed by atoms with Crippen LogP contribution in [0.4, 0.5) is 0 Å². The van der Waals surface area contributed by atoms with Gasteiger partial charge in [0.15, 0.2) is 5.43 Å². The summed E-state index contributed by atoms with van der Waals surface area (Å²) in [6.07, 6.45) is 0. The van der Waals surface area contributed by atoms with Crippen molar-refractivity contribution in [2.75, 3.05) is 39.3 Å². The molecule has 0 spiro atoms. The molecule has 3 N–H and O–H groups in total. The molecule has 1 atom stereocenters. The first kappa shape index (κ1) is 27.4. The molecule has 3 heterocycles. The summed E-state index contributed by atoms with van der Waals surface area (Å²) in [7, 11) is 0. The van der Waals surface area contributed by atoms with E-state index in [2.05, 4.69) is 15.5 Å². The van der Waals surface area contributed by atoms with Crippen LogP contribution in [-0.2, 0) is 14.3 Å². The minimum absolute atomic E-state index is 0.00311. The smallest absolute Gasteiger partial charge is 0.336 e. The lowest BCUT2D eigenvalue weighted by Crippen LogP contribution is -2.44. The number of allylic oxidation sites excluding steroid dienone is 2. The fourth-order valence-corrected chi connectivity index (χ4v) is 5.56. The number of dihydropyridines is 1. The number of benzene rings is 2. The molecule has 208 valence electrons. The van der Waals surface area contributed by atoms with Crippen LogP contribution in [0.25, 0.3) is 22.3 Å². The summed E-state index contributed by atoms with van der Waals surface area (Å²) in [5.41, 5.74) is 2.70. The largest absolute Gasteiger partial charge is 0.478 e. The molecule has 3 aromatic rings. The summed E-state index contributed by atoms with van der Waals surface area (Å²) < 4.78 is 12.1. The molecule has 0 aliphatic carbocycles. The van der Waals surface area contributed by atoms with Crippen molar-refractivity contribution in [3.05, 3.63) is 92.4 Å². The van der Waals surface area contributed by atoms with Gasteiger partial charge in [0.1, 0.15) is 18.0 Å². The number of carbonyl (C=O) groups excluding carboxylic acids is 1. The molecule has 2 aromatic carbocycles. The Bertz CT molecular complexity index is 1580. The number of fused-ring (bicyclic) bond motifs is 1. The molecule has 0 bridgehead atoms. The molecule has 9 heteroatoms. The number of hydrogen-bond acceptors (Lipinski definition) is 8. The van der Waals surface area contributed by atoms with Gasteiger partial charge in [0.05, 0.1) is 22.5 Å². The van der Waals surface area contributed by atoms with Crippen LogP contribution in [0.3, 0.4) is 0 Å². The number of carboxylic acid groups (broad SMARTS) is 1. The number of piperazine rings is 1. The monoisotopic (exact) mass is 543 g/mol. The molecule has 40 heavy (non-hydrogen) atoms. The van der Waals surface area contributed by atoms with Crippen LogP contribution in [-0.4, -0.2) is 61.3 Å². The predicted molar refractivity (Wildman–Crippen MR) is 152 cm³/mol. The maximum atomic E-state index is 13.6. The van der Waals surface area contributed by atoms with Gasteiger partial charge in [0, 0.05) is 60.8 Å². The number of carboxylic acids is 1. The summed E-state index contributed by atoms with van der Waals surface area (Å²) in [5, 5.41) is 17.0. The van der Waals surface area contributed by atoms with E-state index in [-0.39, 0.29) is 28.8 Å². The second kappa shape index (κ2) is 11.5. The van der Waals surface area contributed by atoms with Gasteiger partial charge < -0.3 is 24.9 Å². The molecule has 1 unspecified atom stereocenters. The quantitative estimate of drug-likeness (QED) is 0.384. The highest BCUT2D eigenvalue weighted by Gasteiger charge is 2.39. The Balaban J connectivity index is 1.61. The molecule has 0 radical (unpaired) electrons. The predicted octanol–water partition coefficient (Wildman–Crippen LogP) is 3.54. The molecule has 0 amide bonds. The SMILES string of the molecule is CC1=C(C(=O)O)C(c2cccc3c(=O)c(C)c(-c4ccccc4)oc23)C(C(=O)OCCN2CCNCC2)=C(C)N1. The minimum Gasteiger partial charge on any atom is -0.478 e. The van der Waals surface area contributed by atoms with Crippen LogP contribution < -0.4 is 16.1 Å². The van der Waals surface area contributed by atoms with E-state index in [1.807, 2.05) is 30.3 Å². The van der Waals surface area contributed by atoms with Gasteiger partial charge in [-0.05, 0) is 26.8 Å². The van der Waals surface area contributed by atoms with Crippen molar-refractivity contribution in [2.45, 2.75) is 26.7 Å². The Kier molecular flexibility index (Phi) is 7.86. The van der Waals surface area contributed by atoms with Gasteiger partial charge in [-0.15, -0.1) is 0 Å². The summed E-state index contributed by atoms with van der Waals surface area (Å²) in [5.74, 6) is -2.39. The number of aliphatic carboxylic acids is 1. The van der Waals surface area contributed by atoms with Gasteiger partial charge >= 0.3 is 11.9 Å². The molecule has 9 nitrogen and oxygen atoms in total. The molecular formula is C31H33N3O6. The van der Waals surface area contributed by atoms with Crippen LogP contribution in [0.2, 0.25) is 0 Å². The molecule has 2 aliphatic rings. The second-order valence-corrected chi connectivity index (χ2v) is 10.1. The Morgan fingerprint density at radius 1 is 1.00 bits per heavy atom. The van der Waals surface area contributed by atoms with Gasteiger partial charge in [0.2, 0.25) is 0 Å². The van der Waals surface area contributed by atoms with Crippen molar-refractivity contribution >= 4 is 22.9 Å². The Morgan fingerprint density at radius 2 is 1.70 bits per heavy atom. The van der Waals surface area contributed by atoms with Gasteiger partial charge in [-0.25, -0.2) is 9.59 Å². The average Bonchev–Trinajstić information content (AvgIpc) is 2.95. The number of hydrogen-bond donors (Lipinski definition) is 3. The fraction of sp³-hybridized carbons (Fsp3) is 0.323. The molecule has 1 saturated heterocycles. The van der Waals surface area contributed by atoms with Crippen molar-refractivity contribution in [2.24, 2.45) is 0 Å². The molecular weight excluding hydrogens is 510 g/mol. The van der Waals surface area contributed by atoms with E-state index in [1.165, 1.54) is 0 Å². The maximum Gasteiger partial charge on any atom is 0.336 e. The van der Waals surface area contributed by atoms with Crippen molar-refractivity contribution in [1.29, 1.82) is 0 Å². The zero-order chi connectivity index (χ0) is 28.4. The van der Waals surface area contributed by atoms with Crippen molar-refractivity contribution in [3.8, 4) is 11.3 Å². The summed E-state index contributed by atoms with van der Waals surface area (Å²) >= 11 is 0. The van der Waals surface area contributed by atoms with Crippen LogP contribution >= 0.6 is 0 Å². The van der Waals surface area contributed by atoms with Crippen LogP contribution in [0.15, 0.2) is 80.3 Å². The molecule has 5 rings (SSSR count). The lowest BCUT2D eigenvalue weighted by atomic mass is 9.79. The second-order valence-electron chi connectivity index (χ2n) is 10.1. The highest BCUT2D eigenvalue weighted by Crippen LogP contribution is 2.42. The number of esters is 1. The topological polar surface area (TPSA) is 121 Å². The highest BCUT2D eigenvalue weighted by atomic mass is 16.5. The number of carbonyl (C=O) groups is 2. The zero-order valence-electron chi connectivity index (χ0n) is 22.9. The van der Waals surface area contributed by atoms with Crippen molar-refractivity contribution < 1.29 is 23.8 Å². The van der Waals surface area contributed by atoms with E-state index >= 15 is 0 Å². The number of ether oxygens (including phenoxy) is 1. The van der Waals surface area contributed by atoms with Gasteiger partial charge in [-0.3, -0.25) is 9.69 Å². The van der Waals surface area contributed by atoms with Crippen molar-refractivity contribution in [1.82, 2.24) is 15.5 Å². The van der Waals surface area contributed by atoms with Crippen molar-refractivity contribution in [3.63, 3.8) is 0 Å². The number of nitrogens with one attached hydrogen (secondary N) is 2. The van der Waals surface area contributed by atoms with E-state index in [1.54, 1.807) is 39.0 Å². The van der Waals surface area contributed by atoms with Gasteiger partial charge in [-0.1, -0.05) is 42.5 Å². The number of nitrogens with zero attached hydrogens (tertiary/aromatic N) is 1. The summed E-state index contributed by atoms with van der Waals surface area (Å²) in [4.78, 5) is 41.9.